The lowest BCUT2D eigenvalue weighted by atomic mass is 10.2. The molecule has 0 spiro atoms. The summed E-state index contributed by atoms with van der Waals surface area (Å²) in [6, 6.07) is 17.4. The molecule has 0 aliphatic carbocycles. The SMILES string of the molecule is O=c1ccn(-c2ccc(OC(F)(F)F)cc2)nc1-c1ccnn1-c1ccccc1. The van der Waals surface area contributed by atoms with Crippen molar-refractivity contribution in [2.24, 2.45) is 0 Å². The van der Waals surface area contributed by atoms with Crippen LogP contribution in [0, 0.1) is 0 Å². The molecule has 29 heavy (non-hydrogen) atoms. The Kier molecular flexibility index (Phi) is 4.63. The van der Waals surface area contributed by atoms with E-state index >= 15 is 0 Å². The summed E-state index contributed by atoms with van der Waals surface area (Å²) in [4.78, 5) is 12.4. The van der Waals surface area contributed by atoms with E-state index in [0.29, 0.717) is 11.4 Å². The molecule has 0 atom stereocenters. The number of hydrogen-bond donors (Lipinski definition) is 0. The second kappa shape index (κ2) is 7.27. The van der Waals surface area contributed by atoms with Gasteiger partial charge < -0.3 is 4.74 Å². The number of benzene rings is 2. The van der Waals surface area contributed by atoms with Gasteiger partial charge in [-0.2, -0.15) is 10.2 Å². The number of hydrogen-bond acceptors (Lipinski definition) is 4. The number of aromatic nitrogens is 4. The van der Waals surface area contributed by atoms with Gasteiger partial charge in [0.15, 0.2) is 5.69 Å². The van der Waals surface area contributed by atoms with Crippen molar-refractivity contribution in [3.63, 3.8) is 0 Å². The molecule has 2 aromatic heterocycles. The third-order valence-electron chi connectivity index (χ3n) is 4.03. The molecule has 0 saturated heterocycles. The zero-order valence-corrected chi connectivity index (χ0v) is 14.7. The van der Waals surface area contributed by atoms with Gasteiger partial charge in [-0.3, -0.25) is 4.79 Å². The molecule has 2 heterocycles. The van der Waals surface area contributed by atoms with Gasteiger partial charge in [-0.15, -0.1) is 13.2 Å². The van der Waals surface area contributed by atoms with Gasteiger partial charge >= 0.3 is 6.36 Å². The van der Waals surface area contributed by atoms with Crippen molar-refractivity contribution in [3.8, 4) is 28.5 Å². The van der Waals surface area contributed by atoms with Crippen LogP contribution < -0.4 is 10.2 Å². The van der Waals surface area contributed by atoms with E-state index in [4.69, 9.17) is 0 Å². The van der Waals surface area contributed by atoms with Gasteiger partial charge in [0.1, 0.15) is 5.75 Å². The van der Waals surface area contributed by atoms with Crippen molar-refractivity contribution >= 4 is 0 Å². The van der Waals surface area contributed by atoms with Crippen LogP contribution in [0.4, 0.5) is 13.2 Å². The van der Waals surface area contributed by atoms with Crippen LogP contribution in [0.15, 0.2) is 83.9 Å². The molecule has 0 amide bonds. The molecule has 0 unspecified atom stereocenters. The Morgan fingerprint density at radius 1 is 0.862 bits per heavy atom. The average molecular weight is 398 g/mol. The number of nitrogens with zero attached hydrogens (tertiary/aromatic N) is 4. The van der Waals surface area contributed by atoms with Crippen LogP contribution in [-0.2, 0) is 0 Å². The first kappa shape index (κ1) is 18.5. The van der Waals surface area contributed by atoms with Crippen LogP contribution in [0.5, 0.6) is 5.75 Å². The minimum atomic E-state index is -4.76. The van der Waals surface area contributed by atoms with E-state index in [1.54, 1.807) is 16.9 Å². The fourth-order valence-corrected chi connectivity index (χ4v) is 2.79. The van der Waals surface area contributed by atoms with Crippen molar-refractivity contribution in [1.29, 1.82) is 0 Å². The fraction of sp³-hybridized carbons (Fsp3) is 0.0500. The van der Waals surface area contributed by atoms with Crippen molar-refractivity contribution in [1.82, 2.24) is 19.6 Å². The first-order chi connectivity index (χ1) is 13.9. The molecule has 0 N–H and O–H groups in total. The molecule has 6 nitrogen and oxygen atoms in total. The minimum absolute atomic E-state index is 0.157. The molecule has 146 valence electrons. The second-order valence-corrected chi connectivity index (χ2v) is 5.98. The van der Waals surface area contributed by atoms with Gasteiger partial charge in [-0.05, 0) is 42.5 Å². The van der Waals surface area contributed by atoms with Crippen molar-refractivity contribution in [2.75, 3.05) is 0 Å². The fourth-order valence-electron chi connectivity index (χ4n) is 2.79. The summed E-state index contributed by atoms with van der Waals surface area (Å²) < 4.78 is 43.8. The summed E-state index contributed by atoms with van der Waals surface area (Å²) in [5.41, 5.74) is 1.57. The highest BCUT2D eigenvalue weighted by Crippen LogP contribution is 2.24. The Morgan fingerprint density at radius 2 is 1.59 bits per heavy atom. The van der Waals surface area contributed by atoms with E-state index in [1.807, 2.05) is 30.3 Å². The van der Waals surface area contributed by atoms with Crippen LogP contribution in [-0.4, -0.2) is 25.9 Å². The first-order valence-electron chi connectivity index (χ1n) is 8.47. The first-order valence-corrected chi connectivity index (χ1v) is 8.47. The second-order valence-electron chi connectivity index (χ2n) is 5.98. The standard InChI is InChI=1S/C20H13F3N4O2/c21-20(22,23)29-16-8-6-14(7-9-16)26-13-11-18(28)19(25-26)17-10-12-24-27(17)15-4-2-1-3-5-15/h1-13H. The third kappa shape index (κ3) is 4.03. The normalized spacial score (nSPS) is 11.4. The van der Waals surface area contributed by atoms with Gasteiger partial charge in [-0.1, -0.05) is 18.2 Å². The van der Waals surface area contributed by atoms with Gasteiger partial charge in [0.05, 0.1) is 23.3 Å². The Balaban J connectivity index is 1.72. The van der Waals surface area contributed by atoms with Crippen LogP contribution in [0.3, 0.4) is 0 Å². The topological polar surface area (TPSA) is 61.9 Å². The molecule has 4 aromatic rings. The molecular weight excluding hydrogens is 385 g/mol. The summed E-state index contributed by atoms with van der Waals surface area (Å²) in [7, 11) is 0. The highest BCUT2D eigenvalue weighted by molar-refractivity contribution is 5.57. The highest BCUT2D eigenvalue weighted by atomic mass is 19.4. The van der Waals surface area contributed by atoms with Crippen LogP contribution in [0.25, 0.3) is 22.8 Å². The molecule has 0 saturated carbocycles. The smallest absolute Gasteiger partial charge is 0.406 e. The zero-order valence-electron chi connectivity index (χ0n) is 14.7. The maximum absolute atomic E-state index is 12.4. The summed E-state index contributed by atoms with van der Waals surface area (Å²) >= 11 is 0. The van der Waals surface area contributed by atoms with Crippen molar-refractivity contribution < 1.29 is 17.9 Å². The predicted octanol–water partition coefficient (Wildman–Crippen LogP) is 3.98. The van der Waals surface area contributed by atoms with Gasteiger partial charge in [0.2, 0.25) is 5.43 Å². The number of alkyl halides is 3. The monoisotopic (exact) mass is 398 g/mol. The average Bonchev–Trinajstić information content (AvgIpc) is 3.18. The quantitative estimate of drug-likeness (QED) is 0.522. The highest BCUT2D eigenvalue weighted by Gasteiger charge is 2.31. The molecule has 9 heteroatoms. The predicted molar refractivity (Wildman–Crippen MR) is 99.1 cm³/mol. The largest absolute Gasteiger partial charge is 0.573 e. The summed E-state index contributed by atoms with van der Waals surface area (Å²) in [6.45, 7) is 0. The van der Waals surface area contributed by atoms with E-state index in [1.165, 1.54) is 41.2 Å². The van der Waals surface area contributed by atoms with Crippen LogP contribution in [0.2, 0.25) is 0 Å². The number of halogens is 3. The number of rotatable bonds is 4. The molecule has 2 aromatic carbocycles. The molecule has 0 radical (unpaired) electrons. The van der Waals surface area contributed by atoms with E-state index in [-0.39, 0.29) is 16.9 Å². The van der Waals surface area contributed by atoms with E-state index in [9.17, 15) is 18.0 Å². The minimum Gasteiger partial charge on any atom is -0.406 e. The Labute approximate surface area is 162 Å². The summed E-state index contributed by atoms with van der Waals surface area (Å²) in [5, 5.41) is 8.61. The molecule has 4 rings (SSSR count). The van der Waals surface area contributed by atoms with E-state index in [2.05, 4.69) is 14.9 Å². The number of ether oxygens (including phenoxy) is 1. The molecule has 0 aliphatic heterocycles. The van der Waals surface area contributed by atoms with Gasteiger partial charge in [0.25, 0.3) is 0 Å². The lowest BCUT2D eigenvalue weighted by Crippen LogP contribution is -2.17. The lowest BCUT2D eigenvalue weighted by Gasteiger charge is -2.11. The summed E-state index contributed by atoms with van der Waals surface area (Å²) in [6.07, 6.45) is -1.77. The Bertz CT molecular complexity index is 1180. The van der Waals surface area contributed by atoms with Gasteiger partial charge in [-0.25, -0.2) is 9.36 Å². The molecular formula is C20H13F3N4O2. The maximum atomic E-state index is 12.4. The van der Waals surface area contributed by atoms with Crippen molar-refractivity contribution in [3.05, 3.63) is 89.3 Å². The molecule has 0 aliphatic rings. The molecule has 0 fully saturated rings. The Morgan fingerprint density at radius 3 is 2.28 bits per heavy atom. The third-order valence-corrected chi connectivity index (χ3v) is 4.03. The van der Waals surface area contributed by atoms with Crippen molar-refractivity contribution in [2.45, 2.75) is 6.36 Å². The maximum Gasteiger partial charge on any atom is 0.573 e. The number of para-hydroxylation sites is 1. The van der Waals surface area contributed by atoms with E-state index in [0.717, 1.165) is 5.69 Å². The van der Waals surface area contributed by atoms with Crippen LogP contribution in [0.1, 0.15) is 0 Å². The van der Waals surface area contributed by atoms with E-state index < -0.39 is 6.36 Å². The van der Waals surface area contributed by atoms with Gasteiger partial charge in [0, 0.05) is 12.3 Å². The van der Waals surface area contributed by atoms with Crippen LogP contribution >= 0.6 is 0 Å². The molecule has 0 bridgehead atoms. The summed E-state index contributed by atoms with van der Waals surface area (Å²) in [5.74, 6) is -0.343. The zero-order chi connectivity index (χ0) is 20.4. The lowest BCUT2D eigenvalue weighted by molar-refractivity contribution is -0.274. The Hall–Kier alpha value is -3.88.